The number of nitrogens with two attached hydrogens (primary N) is 1. The molecule has 1 amide bonds. The van der Waals surface area contributed by atoms with E-state index in [2.05, 4.69) is 50.4 Å². The van der Waals surface area contributed by atoms with Gasteiger partial charge in [0.1, 0.15) is 0 Å². The summed E-state index contributed by atoms with van der Waals surface area (Å²) in [5, 5.41) is 3.01. The van der Waals surface area contributed by atoms with Crippen LogP contribution >= 0.6 is 40.7 Å². The summed E-state index contributed by atoms with van der Waals surface area (Å²) in [6.45, 7) is 3.42. The Labute approximate surface area is 153 Å². The van der Waals surface area contributed by atoms with E-state index in [1.807, 2.05) is 0 Å². The molecule has 1 unspecified atom stereocenters. The molecule has 22 heavy (non-hydrogen) atoms. The van der Waals surface area contributed by atoms with Crippen LogP contribution in [0.2, 0.25) is 0 Å². The van der Waals surface area contributed by atoms with E-state index in [0.29, 0.717) is 18.9 Å². The van der Waals surface area contributed by atoms with Gasteiger partial charge in [-0.3, -0.25) is 4.79 Å². The lowest BCUT2D eigenvalue weighted by Crippen LogP contribution is -2.31. The molecule has 0 radical (unpaired) electrons. The summed E-state index contributed by atoms with van der Waals surface area (Å²) in [5.74, 6) is 0.665. The molecule has 1 aromatic rings. The van der Waals surface area contributed by atoms with Gasteiger partial charge in [-0.05, 0) is 49.6 Å². The third-order valence-corrected chi connectivity index (χ3v) is 4.20. The first-order valence-electron chi connectivity index (χ1n) is 7.16. The van der Waals surface area contributed by atoms with Crippen LogP contribution in [0.4, 0.5) is 5.69 Å². The van der Waals surface area contributed by atoms with E-state index >= 15 is 0 Å². The minimum Gasteiger partial charge on any atom is -0.371 e. The summed E-state index contributed by atoms with van der Waals surface area (Å²) in [6.07, 6.45) is 2.44. The van der Waals surface area contributed by atoms with Crippen LogP contribution in [0.15, 0.2) is 28.7 Å². The number of hydrogen-bond acceptors (Lipinski definition) is 3. The van der Waals surface area contributed by atoms with E-state index in [4.69, 9.17) is 5.73 Å². The van der Waals surface area contributed by atoms with Crippen LogP contribution < -0.4 is 16.0 Å². The Bertz CT molecular complexity index is 445. The maximum absolute atomic E-state index is 11.6. The predicted octanol–water partition coefficient (Wildman–Crippen LogP) is 2.97. The normalized spacial score (nSPS) is 16.6. The van der Waals surface area contributed by atoms with Crippen LogP contribution in [0, 0.1) is 5.92 Å². The van der Waals surface area contributed by atoms with Crippen molar-refractivity contribution in [3.05, 3.63) is 28.7 Å². The molecule has 7 heteroatoms. The average Bonchev–Trinajstić information content (AvgIpc) is 2.92. The molecule has 1 fully saturated rings. The van der Waals surface area contributed by atoms with Crippen molar-refractivity contribution < 1.29 is 4.79 Å². The van der Waals surface area contributed by atoms with E-state index in [1.54, 1.807) is 0 Å². The SMILES string of the molecule is Cl.Cl.NCCCC(=O)NCC1CCN(c2ccc(Br)cc2)C1. The van der Waals surface area contributed by atoms with Crippen LogP contribution in [0.5, 0.6) is 0 Å². The molecule has 0 spiro atoms. The predicted molar refractivity (Wildman–Crippen MR) is 100 cm³/mol. The highest BCUT2D eigenvalue weighted by atomic mass is 79.9. The smallest absolute Gasteiger partial charge is 0.220 e. The average molecular weight is 413 g/mol. The molecule has 0 aromatic heterocycles. The number of anilines is 1. The van der Waals surface area contributed by atoms with Crippen LogP contribution in [0.25, 0.3) is 0 Å². The Hall–Kier alpha value is -0.490. The van der Waals surface area contributed by atoms with Crippen molar-refractivity contribution >= 4 is 52.3 Å². The topological polar surface area (TPSA) is 58.4 Å². The van der Waals surface area contributed by atoms with E-state index in [1.165, 1.54) is 5.69 Å². The molecule has 4 nitrogen and oxygen atoms in total. The second kappa shape index (κ2) is 11.1. The molecule has 1 saturated heterocycles. The molecular formula is C15H24BrCl2N3O. The Balaban J connectivity index is 0.00000220. The molecule has 126 valence electrons. The van der Waals surface area contributed by atoms with Gasteiger partial charge in [-0.1, -0.05) is 15.9 Å². The van der Waals surface area contributed by atoms with Crippen molar-refractivity contribution in [2.75, 3.05) is 31.1 Å². The number of nitrogens with one attached hydrogen (secondary N) is 1. The van der Waals surface area contributed by atoms with Crippen molar-refractivity contribution in [2.24, 2.45) is 11.7 Å². The molecule has 0 saturated carbocycles. The zero-order valence-corrected chi connectivity index (χ0v) is 15.7. The second-order valence-electron chi connectivity index (χ2n) is 5.27. The van der Waals surface area contributed by atoms with E-state index < -0.39 is 0 Å². The van der Waals surface area contributed by atoms with Gasteiger partial charge in [-0.2, -0.15) is 0 Å². The van der Waals surface area contributed by atoms with Crippen molar-refractivity contribution in [1.29, 1.82) is 0 Å². The molecule has 0 aliphatic carbocycles. The number of carbonyl (C=O) groups excluding carboxylic acids is 1. The summed E-state index contributed by atoms with van der Waals surface area (Å²) in [7, 11) is 0. The Morgan fingerprint density at radius 1 is 1.32 bits per heavy atom. The Morgan fingerprint density at radius 3 is 2.64 bits per heavy atom. The third kappa shape index (κ3) is 6.73. The number of benzene rings is 1. The largest absolute Gasteiger partial charge is 0.371 e. The third-order valence-electron chi connectivity index (χ3n) is 3.67. The highest BCUT2D eigenvalue weighted by Gasteiger charge is 2.22. The lowest BCUT2D eigenvalue weighted by Gasteiger charge is -2.19. The van der Waals surface area contributed by atoms with Crippen LogP contribution in [0.1, 0.15) is 19.3 Å². The summed E-state index contributed by atoms with van der Waals surface area (Å²) in [4.78, 5) is 13.9. The van der Waals surface area contributed by atoms with Gasteiger partial charge in [0.15, 0.2) is 0 Å². The summed E-state index contributed by atoms with van der Waals surface area (Å²) in [5.41, 5.74) is 6.65. The molecule has 1 aliphatic rings. The fraction of sp³-hybridized carbons (Fsp3) is 0.533. The summed E-state index contributed by atoms with van der Waals surface area (Å²) in [6, 6.07) is 8.40. The van der Waals surface area contributed by atoms with Gasteiger partial charge in [0.05, 0.1) is 0 Å². The maximum Gasteiger partial charge on any atom is 0.220 e. The van der Waals surface area contributed by atoms with Gasteiger partial charge in [0.25, 0.3) is 0 Å². The zero-order valence-electron chi connectivity index (χ0n) is 12.5. The molecule has 1 atom stereocenters. The van der Waals surface area contributed by atoms with Gasteiger partial charge in [0, 0.05) is 36.2 Å². The highest BCUT2D eigenvalue weighted by molar-refractivity contribution is 9.10. The Morgan fingerprint density at radius 2 is 2.00 bits per heavy atom. The van der Waals surface area contributed by atoms with Crippen LogP contribution in [-0.2, 0) is 4.79 Å². The number of carbonyl (C=O) groups is 1. The van der Waals surface area contributed by atoms with Crippen molar-refractivity contribution in [1.82, 2.24) is 5.32 Å². The summed E-state index contributed by atoms with van der Waals surface area (Å²) < 4.78 is 1.10. The number of rotatable bonds is 6. The first-order valence-corrected chi connectivity index (χ1v) is 7.95. The molecule has 1 heterocycles. The minimum absolute atomic E-state index is 0. The molecule has 3 N–H and O–H groups in total. The number of nitrogens with zero attached hydrogens (tertiary/aromatic N) is 1. The lowest BCUT2D eigenvalue weighted by atomic mass is 10.1. The highest BCUT2D eigenvalue weighted by Crippen LogP contribution is 2.24. The van der Waals surface area contributed by atoms with E-state index in [-0.39, 0.29) is 30.7 Å². The first-order chi connectivity index (χ1) is 9.69. The number of halogens is 3. The minimum atomic E-state index is 0. The van der Waals surface area contributed by atoms with Crippen molar-refractivity contribution in [2.45, 2.75) is 19.3 Å². The quantitative estimate of drug-likeness (QED) is 0.754. The monoisotopic (exact) mass is 411 g/mol. The molecular weight excluding hydrogens is 389 g/mol. The first kappa shape index (κ1) is 21.5. The molecule has 1 aliphatic heterocycles. The van der Waals surface area contributed by atoms with Crippen molar-refractivity contribution in [3.63, 3.8) is 0 Å². The van der Waals surface area contributed by atoms with Crippen molar-refractivity contribution in [3.8, 4) is 0 Å². The number of amides is 1. The second-order valence-corrected chi connectivity index (χ2v) is 6.19. The van der Waals surface area contributed by atoms with Gasteiger partial charge in [-0.15, -0.1) is 24.8 Å². The molecule has 1 aromatic carbocycles. The van der Waals surface area contributed by atoms with Gasteiger partial charge < -0.3 is 16.0 Å². The van der Waals surface area contributed by atoms with Crippen LogP contribution in [0.3, 0.4) is 0 Å². The molecule has 0 bridgehead atoms. The van der Waals surface area contributed by atoms with E-state index in [9.17, 15) is 4.79 Å². The standard InChI is InChI=1S/C15H22BrN3O.2ClH/c16-13-3-5-14(6-4-13)19-9-7-12(11-19)10-18-15(20)2-1-8-17;;/h3-6,12H,1-2,7-11,17H2,(H,18,20);2*1H. The van der Waals surface area contributed by atoms with Gasteiger partial charge in [0.2, 0.25) is 5.91 Å². The zero-order chi connectivity index (χ0) is 14.4. The fourth-order valence-electron chi connectivity index (χ4n) is 2.49. The van der Waals surface area contributed by atoms with Gasteiger partial charge in [-0.25, -0.2) is 0 Å². The van der Waals surface area contributed by atoms with Gasteiger partial charge >= 0.3 is 0 Å². The van der Waals surface area contributed by atoms with E-state index in [0.717, 1.165) is 36.9 Å². The number of hydrogen-bond donors (Lipinski definition) is 2. The van der Waals surface area contributed by atoms with Crippen LogP contribution in [-0.4, -0.2) is 32.1 Å². The summed E-state index contributed by atoms with van der Waals surface area (Å²) >= 11 is 3.45. The molecule has 2 rings (SSSR count). The Kier molecular flexibility index (Phi) is 10.9. The maximum atomic E-state index is 11.6. The fourth-order valence-corrected chi connectivity index (χ4v) is 2.76. The lowest BCUT2D eigenvalue weighted by molar-refractivity contribution is -0.121.